The lowest BCUT2D eigenvalue weighted by Gasteiger charge is -2.26. The van der Waals surface area contributed by atoms with Crippen LogP contribution < -0.4 is 10.6 Å². The maximum Gasteiger partial charge on any atom is 0.253 e. The lowest BCUT2D eigenvalue weighted by atomic mass is 10.0. The molecule has 2 aromatic rings. The number of aliphatic hydroxyl groups excluding tert-OH is 1. The summed E-state index contributed by atoms with van der Waals surface area (Å²) in [6, 6.07) is 17.7. The van der Waals surface area contributed by atoms with Crippen LogP contribution in [0, 0.1) is 0 Å². The normalized spacial score (nSPS) is 15.5. The van der Waals surface area contributed by atoms with Gasteiger partial charge in [-0.05, 0) is 42.5 Å². The monoisotopic (exact) mass is 408 g/mol. The third-order valence-corrected chi connectivity index (χ3v) is 5.53. The van der Waals surface area contributed by atoms with E-state index in [-0.39, 0.29) is 18.4 Å². The molecule has 1 unspecified atom stereocenters. The summed E-state index contributed by atoms with van der Waals surface area (Å²) in [7, 11) is 1.73. The first-order valence-corrected chi connectivity index (χ1v) is 10.7. The van der Waals surface area contributed by atoms with Crippen molar-refractivity contribution in [1.82, 2.24) is 15.5 Å². The molecule has 160 valence electrons. The first-order chi connectivity index (χ1) is 14.7. The maximum absolute atomic E-state index is 12.6. The molecule has 0 spiro atoms. The molecule has 1 aliphatic rings. The first kappa shape index (κ1) is 21.8. The fraction of sp³-hybridized carbons (Fsp3) is 0.417. The second-order valence-corrected chi connectivity index (χ2v) is 7.65. The van der Waals surface area contributed by atoms with Crippen LogP contribution in [0.1, 0.15) is 46.7 Å². The molecular weight excluding hydrogens is 376 g/mol. The molecule has 3 N–H and O–H groups in total. The number of rotatable bonds is 7. The van der Waals surface area contributed by atoms with Crippen molar-refractivity contribution in [3.8, 4) is 0 Å². The van der Waals surface area contributed by atoms with Gasteiger partial charge in [0, 0.05) is 44.7 Å². The van der Waals surface area contributed by atoms with Crippen molar-refractivity contribution in [1.29, 1.82) is 0 Å². The first-order valence-electron chi connectivity index (χ1n) is 10.7. The molecule has 0 radical (unpaired) electrons. The summed E-state index contributed by atoms with van der Waals surface area (Å²) in [6.07, 6.45) is 3.41. The second kappa shape index (κ2) is 11.4. The van der Waals surface area contributed by atoms with Gasteiger partial charge in [-0.3, -0.25) is 9.79 Å². The van der Waals surface area contributed by atoms with E-state index in [1.54, 1.807) is 7.05 Å². The number of likely N-dealkylation sites (tertiary alicyclic amines) is 1. The van der Waals surface area contributed by atoms with Crippen LogP contribution in [0.15, 0.2) is 59.6 Å². The van der Waals surface area contributed by atoms with Gasteiger partial charge in [-0.25, -0.2) is 0 Å². The minimum Gasteiger partial charge on any atom is -0.396 e. The molecule has 1 saturated heterocycles. The lowest BCUT2D eigenvalue weighted by Crippen LogP contribution is -2.39. The molecule has 0 bridgehead atoms. The van der Waals surface area contributed by atoms with Gasteiger partial charge in [-0.15, -0.1) is 0 Å². The number of carbonyl (C=O) groups excluding carboxylic acids is 1. The smallest absolute Gasteiger partial charge is 0.253 e. The molecule has 0 saturated carbocycles. The van der Waals surface area contributed by atoms with Crippen molar-refractivity contribution in [2.45, 2.75) is 31.7 Å². The minimum atomic E-state index is 0.00448. The SMILES string of the molecule is CN=C(NCc1ccc(C(=O)N2CCCCC2)cc1)NCC(CO)c1ccccc1. The molecule has 0 aromatic heterocycles. The van der Waals surface area contributed by atoms with Gasteiger partial charge in [0.05, 0.1) is 6.61 Å². The zero-order valence-electron chi connectivity index (χ0n) is 17.7. The van der Waals surface area contributed by atoms with E-state index in [0.717, 1.165) is 42.6 Å². The number of guanidine groups is 1. The fourth-order valence-electron chi connectivity index (χ4n) is 3.68. The van der Waals surface area contributed by atoms with Crippen molar-refractivity contribution in [3.63, 3.8) is 0 Å². The van der Waals surface area contributed by atoms with Gasteiger partial charge < -0.3 is 20.6 Å². The summed E-state index contributed by atoms with van der Waals surface area (Å²) in [4.78, 5) is 18.8. The van der Waals surface area contributed by atoms with Crippen LogP contribution in [0.2, 0.25) is 0 Å². The van der Waals surface area contributed by atoms with Crippen molar-refractivity contribution >= 4 is 11.9 Å². The third-order valence-electron chi connectivity index (χ3n) is 5.53. The molecule has 6 nitrogen and oxygen atoms in total. The highest BCUT2D eigenvalue weighted by molar-refractivity contribution is 5.94. The topological polar surface area (TPSA) is 77.0 Å². The Kier molecular flexibility index (Phi) is 8.27. The Morgan fingerprint density at radius 1 is 1.03 bits per heavy atom. The number of nitrogens with zero attached hydrogens (tertiary/aromatic N) is 2. The zero-order chi connectivity index (χ0) is 21.2. The number of carbonyl (C=O) groups is 1. The van der Waals surface area contributed by atoms with E-state index >= 15 is 0 Å². The quantitative estimate of drug-likeness (QED) is 0.486. The molecule has 0 aliphatic carbocycles. The third kappa shape index (κ3) is 6.07. The zero-order valence-corrected chi connectivity index (χ0v) is 17.7. The summed E-state index contributed by atoms with van der Waals surface area (Å²) in [5.41, 5.74) is 2.92. The van der Waals surface area contributed by atoms with Crippen molar-refractivity contribution in [2.75, 3.05) is 33.3 Å². The van der Waals surface area contributed by atoms with Gasteiger partial charge in [-0.1, -0.05) is 42.5 Å². The molecule has 1 heterocycles. The fourth-order valence-corrected chi connectivity index (χ4v) is 3.68. The lowest BCUT2D eigenvalue weighted by molar-refractivity contribution is 0.0724. The van der Waals surface area contributed by atoms with Gasteiger partial charge in [-0.2, -0.15) is 0 Å². The Hall–Kier alpha value is -2.86. The highest BCUT2D eigenvalue weighted by Gasteiger charge is 2.18. The Morgan fingerprint density at radius 3 is 2.37 bits per heavy atom. The van der Waals surface area contributed by atoms with Crippen molar-refractivity contribution < 1.29 is 9.90 Å². The van der Waals surface area contributed by atoms with Crippen LogP contribution in [-0.2, 0) is 6.54 Å². The summed E-state index contributed by atoms with van der Waals surface area (Å²) < 4.78 is 0. The Morgan fingerprint density at radius 2 is 1.73 bits per heavy atom. The van der Waals surface area contributed by atoms with Gasteiger partial charge in [0.15, 0.2) is 5.96 Å². The van der Waals surface area contributed by atoms with Crippen LogP contribution >= 0.6 is 0 Å². The molecule has 2 aromatic carbocycles. The number of aliphatic imine (C=N–C) groups is 1. The van der Waals surface area contributed by atoms with E-state index in [9.17, 15) is 9.90 Å². The maximum atomic E-state index is 12.6. The van der Waals surface area contributed by atoms with Crippen molar-refractivity contribution in [3.05, 3.63) is 71.3 Å². The summed E-state index contributed by atoms with van der Waals surface area (Å²) in [5, 5.41) is 16.3. The average molecular weight is 409 g/mol. The van der Waals surface area contributed by atoms with Gasteiger partial charge in [0.2, 0.25) is 0 Å². The number of hydrogen-bond acceptors (Lipinski definition) is 3. The number of aliphatic hydroxyl groups is 1. The predicted octanol–water partition coefficient (Wildman–Crippen LogP) is 2.75. The van der Waals surface area contributed by atoms with Crippen LogP contribution in [0.25, 0.3) is 0 Å². The molecular formula is C24H32N4O2. The van der Waals surface area contributed by atoms with E-state index in [0.29, 0.717) is 19.0 Å². The summed E-state index contributed by atoms with van der Waals surface area (Å²) in [5.74, 6) is 0.810. The standard InChI is InChI=1S/C24H32N4O2/c1-25-24(27-17-22(18-29)20-8-4-2-5-9-20)26-16-19-10-12-21(13-11-19)23(30)28-14-6-3-7-15-28/h2,4-5,8-13,22,29H,3,6-7,14-18H2,1H3,(H2,25,26,27). The highest BCUT2D eigenvalue weighted by Crippen LogP contribution is 2.15. The number of piperidine rings is 1. The molecule has 1 atom stereocenters. The van der Waals surface area contributed by atoms with E-state index < -0.39 is 0 Å². The Labute approximate surface area is 179 Å². The summed E-state index contributed by atoms with van der Waals surface area (Å²) >= 11 is 0. The Bertz CT molecular complexity index is 815. The van der Waals surface area contributed by atoms with E-state index in [1.165, 1.54) is 6.42 Å². The number of amides is 1. The second-order valence-electron chi connectivity index (χ2n) is 7.65. The van der Waals surface area contributed by atoms with Crippen LogP contribution in [0.5, 0.6) is 0 Å². The van der Waals surface area contributed by atoms with Crippen molar-refractivity contribution in [2.24, 2.45) is 4.99 Å². The van der Waals surface area contributed by atoms with E-state index in [4.69, 9.17) is 0 Å². The molecule has 6 heteroatoms. The largest absolute Gasteiger partial charge is 0.396 e. The predicted molar refractivity (Wildman–Crippen MR) is 121 cm³/mol. The molecule has 30 heavy (non-hydrogen) atoms. The van der Waals surface area contributed by atoms with Crippen LogP contribution in [-0.4, -0.2) is 55.2 Å². The van der Waals surface area contributed by atoms with E-state index in [1.807, 2.05) is 59.5 Å². The minimum absolute atomic E-state index is 0.00448. The van der Waals surface area contributed by atoms with Crippen LogP contribution in [0.3, 0.4) is 0 Å². The number of benzene rings is 2. The number of nitrogens with one attached hydrogen (secondary N) is 2. The number of hydrogen-bond donors (Lipinski definition) is 3. The average Bonchev–Trinajstić information content (AvgIpc) is 2.82. The summed E-state index contributed by atoms with van der Waals surface area (Å²) in [6.45, 7) is 2.99. The molecule has 1 amide bonds. The molecule has 1 fully saturated rings. The van der Waals surface area contributed by atoms with Gasteiger partial charge in [0.1, 0.15) is 0 Å². The molecule has 1 aliphatic heterocycles. The van der Waals surface area contributed by atoms with Gasteiger partial charge in [0.25, 0.3) is 5.91 Å². The Balaban J connectivity index is 1.49. The van der Waals surface area contributed by atoms with Gasteiger partial charge >= 0.3 is 0 Å². The van der Waals surface area contributed by atoms with E-state index in [2.05, 4.69) is 15.6 Å². The highest BCUT2D eigenvalue weighted by atomic mass is 16.3. The molecule has 3 rings (SSSR count). The van der Waals surface area contributed by atoms with Crippen LogP contribution in [0.4, 0.5) is 0 Å².